The van der Waals surface area contributed by atoms with Crippen LogP contribution in [0, 0.1) is 17.8 Å². The van der Waals surface area contributed by atoms with Gasteiger partial charge in [0.2, 0.25) is 0 Å². The molecule has 0 saturated heterocycles. The highest BCUT2D eigenvalue weighted by atomic mass is 32.2. The summed E-state index contributed by atoms with van der Waals surface area (Å²) in [6.45, 7) is 4.81. The Morgan fingerprint density at radius 3 is 2.26 bits per heavy atom. The molecule has 3 atom stereocenters. The van der Waals surface area contributed by atoms with Gasteiger partial charge in [-0.3, -0.25) is 11.3 Å². The Bertz CT molecular complexity index is 243. The van der Waals surface area contributed by atoms with Crippen LogP contribution >= 0.6 is 11.8 Å². The number of thioether (sulfide) groups is 1. The molecule has 112 valence electrons. The molecule has 3 N–H and O–H groups in total. The van der Waals surface area contributed by atoms with Gasteiger partial charge in [0, 0.05) is 17.0 Å². The lowest BCUT2D eigenvalue weighted by molar-refractivity contribution is 0.185. The molecule has 2 rings (SSSR count). The first-order chi connectivity index (χ1) is 9.19. The summed E-state index contributed by atoms with van der Waals surface area (Å²) >= 11 is 2.18. The first kappa shape index (κ1) is 15.7. The Morgan fingerprint density at radius 1 is 1.05 bits per heavy atom. The van der Waals surface area contributed by atoms with E-state index in [0.717, 1.165) is 23.0 Å². The normalized spacial score (nSPS) is 35.2. The maximum Gasteiger partial charge on any atom is 0.0329 e. The van der Waals surface area contributed by atoms with E-state index in [0.29, 0.717) is 6.04 Å². The third kappa shape index (κ3) is 4.95. The van der Waals surface area contributed by atoms with E-state index in [1.165, 1.54) is 57.1 Å². The molecule has 3 unspecified atom stereocenters. The summed E-state index contributed by atoms with van der Waals surface area (Å²) in [6, 6.07) is 0.525. The smallest absolute Gasteiger partial charge is 0.0329 e. The zero-order chi connectivity index (χ0) is 13.7. The maximum absolute atomic E-state index is 5.85. The van der Waals surface area contributed by atoms with Gasteiger partial charge in [-0.2, -0.15) is 11.8 Å². The Balaban J connectivity index is 1.78. The monoisotopic (exact) mass is 284 g/mol. The standard InChI is InChI=1S/C16H32N2S/c1-12-8-13(2)10-14(9-12)16(18-17)11-19-15-6-4-3-5-7-15/h12-16,18H,3-11,17H2,1-2H3. The molecule has 2 saturated carbocycles. The van der Waals surface area contributed by atoms with Crippen LogP contribution in [0.25, 0.3) is 0 Å². The molecule has 0 aliphatic heterocycles. The van der Waals surface area contributed by atoms with E-state index in [-0.39, 0.29) is 0 Å². The summed E-state index contributed by atoms with van der Waals surface area (Å²) in [5.41, 5.74) is 3.13. The largest absolute Gasteiger partial charge is 0.271 e. The van der Waals surface area contributed by atoms with Gasteiger partial charge < -0.3 is 0 Å². The van der Waals surface area contributed by atoms with Crippen molar-refractivity contribution in [3.05, 3.63) is 0 Å². The highest BCUT2D eigenvalue weighted by Gasteiger charge is 2.30. The van der Waals surface area contributed by atoms with Gasteiger partial charge in [-0.25, -0.2) is 0 Å². The fraction of sp³-hybridized carbons (Fsp3) is 1.00. The van der Waals surface area contributed by atoms with Gasteiger partial charge in [0.25, 0.3) is 0 Å². The number of hydrogen-bond acceptors (Lipinski definition) is 3. The molecule has 0 heterocycles. The van der Waals surface area contributed by atoms with Gasteiger partial charge in [0.15, 0.2) is 0 Å². The second-order valence-corrected chi connectivity index (χ2v) is 8.38. The molecular weight excluding hydrogens is 252 g/mol. The molecule has 19 heavy (non-hydrogen) atoms. The minimum atomic E-state index is 0.525. The Kier molecular flexibility index (Phi) is 6.51. The molecule has 0 spiro atoms. The van der Waals surface area contributed by atoms with E-state index >= 15 is 0 Å². The van der Waals surface area contributed by atoms with Gasteiger partial charge in [-0.1, -0.05) is 33.1 Å². The minimum Gasteiger partial charge on any atom is -0.271 e. The van der Waals surface area contributed by atoms with Crippen LogP contribution in [0.2, 0.25) is 0 Å². The van der Waals surface area contributed by atoms with Crippen LogP contribution in [-0.4, -0.2) is 17.0 Å². The predicted octanol–water partition coefficient (Wildman–Crippen LogP) is 3.96. The van der Waals surface area contributed by atoms with E-state index in [1.54, 1.807) is 0 Å². The van der Waals surface area contributed by atoms with Crippen LogP contribution in [0.5, 0.6) is 0 Å². The second-order valence-electron chi connectivity index (χ2n) is 7.04. The van der Waals surface area contributed by atoms with Crippen molar-refractivity contribution < 1.29 is 0 Å². The van der Waals surface area contributed by atoms with Crippen molar-refractivity contribution in [2.24, 2.45) is 23.6 Å². The number of hydrazine groups is 1. The first-order valence-electron chi connectivity index (χ1n) is 8.26. The first-order valence-corrected chi connectivity index (χ1v) is 9.31. The third-order valence-corrected chi connectivity index (χ3v) is 6.56. The van der Waals surface area contributed by atoms with Gasteiger partial charge in [0.1, 0.15) is 0 Å². The molecule has 3 heteroatoms. The number of nitrogens with two attached hydrogens (primary N) is 1. The van der Waals surface area contributed by atoms with E-state index in [2.05, 4.69) is 31.0 Å². The van der Waals surface area contributed by atoms with Crippen LogP contribution in [0.4, 0.5) is 0 Å². The lowest BCUT2D eigenvalue weighted by Gasteiger charge is -2.36. The molecule has 0 aromatic rings. The van der Waals surface area contributed by atoms with E-state index in [4.69, 9.17) is 5.84 Å². The van der Waals surface area contributed by atoms with Gasteiger partial charge >= 0.3 is 0 Å². The highest BCUT2D eigenvalue weighted by molar-refractivity contribution is 7.99. The zero-order valence-electron chi connectivity index (χ0n) is 12.7. The molecule has 0 bridgehead atoms. The van der Waals surface area contributed by atoms with Gasteiger partial charge in [-0.15, -0.1) is 0 Å². The van der Waals surface area contributed by atoms with Crippen molar-refractivity contribution >= 4 is 11.8 Å². The SMILES string of the molecule is CC1CC(C)CC(C(CSC2CCCCC2)NN)C1. The average molecular weight is 285 g/mol. The van der Waals surface area contributed by atoms with Crippen molar-refractivity contribution in [3.8, 4) is 0 Å². The van der Waals surface area contributed by atoms with E-state index < -0.39 is 0 Å². The molecule has 2 aliphatic carbocycles. The minimum absolute atomic E-state index is 0.525. The van der Waals surface area contributed by atoms with Crippen molar-refractivity contribution in [2.75, 3.05) is 5.75 Å². The molecule has 2 nitrogen and oxygen atoms in total. The summed E-state index contributed by atoms with van der Waals surface area (Å²) in [5, 5.41) is 0.906. The lowest BCUT2D eigenvalue weighted by Crippen LogP contribution is -2.45. The summed E-state index contributed by atoms with van der Waals surface area (Å²) in [5.74, 6) is 9.61. The molecular formula is C16H32N2S. The Hall–Kier alpha value is 0.270. The van der Waals surface area contributed by atoms with Crippen molar-refractivity contribution in [2.45, 2.75) is 76.5 Å². The lowest BCUT2D eigenvalue weighted by atomic mass is 9.74. The van der Waals surface area contributed by atoms with Gasteiger partial charge in [0.05, 0.1) is 0 Å². The molecule has 0 amide bonds. The zero-order valence-corrected chi connectivity index (χ0v) is 13.6. The fourth-order valence-electron chi connectivity index (χ4n) is 4.13. The van der Waals surface area contributed by atoms with Crippen LogP contribution in [0.3, 0.4) is 0 Å². The van der Waals surface area contributed by atoms with Crippen molar-refractivity contribution in [1.82, 2.24) is 5.43 Å². The van der Waals surface area contributed by atoms with Crippen LogP contribution in [0.15, 0.2) is 0 Å². The summed E-state index contributed by atoms with van der Waals surface area (Å²) in [7, 11) is 0. The predicted molar refractivity (Wildman–Crippen MR) is 86.1 cm³/mol. The quantitative estimate of drug-likeness (QED) is 0.593. The van der Waals surface area contributed by atoms with Gasteiger partial charge in [-0.05, 0) is 49.9 Å². The van der Waals surface area contributed by atoms with Crippen LogP contribution in [0.1, 0.15) is 65.2 Å². The highest BCUT2D eigenvalue weighted by Crippen LogP contribution is 2.36. The summed E-state index contributed by atoms with van der Waals surface area (Å²) < 4.78 is 0. The maximum atomic E-state index is 5.85. The fourth-order valence-corrected chi connectivity index (χ4v) is 5.64. The van der Waals surface area contributed by atoms with Crippen molar-refractivity contribution in [3.63, 3.8) is 0 Å². The molecule has 2 aliphatic rings. The number of rotatable bonds is 5. The Labute approximate surface area is 123 Å². The average Bonchev–Trinajstić information content (AvgIpc) is 2.39. The summed E-state index contributed by atoms with van der Waals surface area (Å²) in [4.78, 5) is 0. The Morgan fingerprint density at radius 2 is 1.68 bits per heavy atom. The molecule has 2 fully saturated rings. The second kappa shape index (κ2) is 7.90. The molecule has 0 radical (unpaired) electrons. The number of hydrogen-bond donors (Lipinski definition) is 2. The van der Waals surface area contributed by atoms with Crippen molar-refractivity contribution in [1.29, 1.82) is 0 Å². The topological polar surface area (TPSA) is 38.0 Å². The molecule has 0 aromatic heterocycles. The van der Waals surface area contributed by atoms with Crippen LogP contribution < -0.4 is 11.3 Å². The summed E-state index contributed by atoms with van der Waals surface area (Å²) in [6.07, 6.45) is 11.3. The van der Waals surface area contributed by atoms with Crippen LogP contribution in [-0.2, 0) is 0 Å². The third-order valence-electron chi connectivity index (χ3n) is 5.06. The molecule has 0 aromatic carbocycles. The number of nitrogens with one attached hydrogen (secondary N) is 1. The van der Waals surface area contributed by atoms with E-state index in [1.807, 2.05) is 0 Å². The van der Waals surface area contributed by atoms with E-state index in [9.17, 15) is 0 Å².